The zero-order valence-electron chi connectivity index (χ0n) is 63.4. The first kappa shape index (κ1) is 95.1. The van der Waals surface area contributed by atoms with Crippen molar-refractivity contribution in [1.82, 2.24) is 0 Å². The largest absolute Gasteiger partial charge is 0.472 e. The number of phosphoric ester groups is 2. The predicted octanol–water partition coefficient (Wildman–Crippen LogP) is 23.1. The first-order valence-corrected chi connectivity index (χ1v) is 43.5. The number of esters is 4. The van der Waals surface area contributed by atoms with E-state index in [-0.39, 0.29) is 25.7 Å². The Kier molecular flexibility index (Phi) is 68.4. The Balaban J connectivity index is 5.17. The van der Waals surface area contributed by atoms with Crippen molar-refractivity contribution in [3.63, 3.8) is 0 Å². The molecule has 0 rings (SSSR count). The third-order valence-electron chi connectivity index (χ3n) is 18.2. The van der Waals surface area contributed by atoms with Gasteiger partial charge in [0.2, 0.25) is 0 Å². The molecule has 0 heterocycles. The van der Waals surface area contributed by atoms with Crippen LogP contribution in [0, 0.1) is 11.8 Å². The van der Waals surface area contributed by atoms with E-state index in [0.717, 1.165) is 108 Å². The third kappa shape index (κ3) is 72.2. The molecule has 0 aliphatic carbocycles. The molecule has 0 aromatic carbocycles. The summed E-state index contributed by atoms with van der Waals surface area (Å²) in [6, 6.07) is 0. The molecule has 0 saturated heterocycles. The number of aliphatic hydroxyl groups excluding tert-OH is 1. The Hall–Kier alpha value is -1.94. The summed E-state index contributed by atoms with van der Waals surface area (Å²) in [5, 5.41) is 10.6. The second-order valence-corrected chi connectivity index (χ2v) is 32.0. The highest BCUT2D eigenvalue weighted by atomic mass is 31.2. The van der Waals surface area contributed by atoms with Gasteiger partial charge in [-0.25, -0.2) is 9.13 Å². The predicted molar refractivity (Wildman–Crippen MR) is 395 cm³/mol. The van der Waals surface area contributed by atoms with E-state index in [1.165, 1.54) is 218 Å². The van der Waals surface area contributed by atoms with Crippen molar-refractivity contribution in [2.45, 2.75) is 426 Å². The second kappa shape index (κ2) is 69.8. The smallest absolute Gasteiger partial charge is 0.462 e. The summed E-state index contributed by atoms with van der Waals surface area (Å²) in [7, 11) is -9.91. The van der Waals surface area contributed by atoms with Crippen molar-refractivity contribution >= 4 is 39.5 Å². The fourth-order valence-electron chi connectivity index (χ4n) is 12.0. The zero-order chi connectivity index (χ0) is 71.4. The summed E-state index contributed by atoms with van der Waals surface area (Å²) >= 11 is 0. The van der Waals surface area contributed by atoms with E-state index in [0.29, 0.717) is 25.7 Å². The van der Waals surface area contributed by atoms with Gasteiger partial charge in [0.15, 0.2) is 12.2 Å². The highest BCUT2D eigenvalue weighted by Crippen LogP contribution is 2.45. The number of aliphatic hydroxyl groups is 1. The average Bonchev–Trinajstić information content (AvgIpc) is 1.22. The molecular formula is C78H152O17P2. The molecular weight excluding hydrogens is 1270 g/mol. The monoisotopic (exact) mass is 1420 g/mol. The lowest BCUT2D eigenvalue weighted by molar-refractivity contribution is -0.161. The Morgan fingerprint density at radius 2 is 0.474 bits per heavy atom. The Bertz CT molecular complexity index is 1870. The van der Waals surface area contributed by atoms with Crippen LogP contribution in [0.4, 0.5) is 0 Å². The van der Waals surface area contributed by atoms with E-state index in [1.807, 2.05) is 0 Å². The topological polar surface area (TPSA) is 237 Å². The lowest BCUT2D eigenvalue weighted by Crippen LogP contribution is -2.30. The first-order valence-electron chi connectivity index (χ1n) is 40.5. The molecule has 0 saturated carbocycles. The minimum atomic E-state index is -4.96. The number of unbranched alkanes of at least 4 members (excludes halogenated alkanes) is 47. The lowest BCUT2D eigenvalue weighted by atomic mass is 10.0. The summed E-state index contributed by atoms with van der Waals surface area (Å²) in [6.07, 6.45) is 58.5. The molecule has 0 aromatic rings. The molecule has 5 atom stereocenters. The van der Waals surface area contributed by atoms with Gasteiger partial charge in [-0.2, -0.15) is 0 Å². The van der Waals surface area contributed by atoms with E-state index in [1.54, 1.807) is 0 Å². The van der Waals surface area contributed by atoms with Gasteiger partial charge in [0.1, 0.15) is 19.3 Å². The number of hydrogen-bond acceptors (Lipinski definition) is 15. The molecule has 97 heavy (non-hydrogen) atoms. The summed E-state index contributed by atoms with van der Waals surface area (Å²) in [4.78, 5) is 72.8. The normalized spacial score (nSPS) is 14.0. The molecule has 0 aliphatic rings. The number of carbonyl (C=O) groups excluding carboxylic acids is 4. The molecule has 3 N–H and O–H groups in total. The van der Waals surface area contributed by atoms with Gasteiger partial charge in [0, 0.05) is 25.7 Å². The van der Waals surface area contributed by atoms with Gasteiger partial charge >= 0.3 is 39.5 Å². The third-order valence-corrected chi connectivity index (χ3v) is 20.1. The minimum Gasteiger partial charge on any atom is -0.462 e. The Morgan fingerprint density at radius 3 is 0.701 bits per heavy atom. The van der Waals surface area contributed by atoms with Crippen LogP contribution in [0.15, 0.2) is 0 Å². The SMILES string of the molecule is CCCCCCCCCCCCCCCCCCCCCCCCC(=O)O[C@H](COC(=O)CCCCCCCCCCCCCCC(C)C)COP(=O)(O)OC[C@@H](O)COP(=O)(O)OC[C@@H](COC(=O)CCCCCCCCCC)OC(=O)CCCCCCCCCCCC(C)C. The molecule has 17 nitrogen and oxygen atoms in total. The molecule has 2 unspecified atom stereocenters. The second-order valence-electron chi connectivity index (χ2n) is 29.1. The molecule has 0 bridgehead atoms. The van der Waals surface area contributed by atoms with Crippen LogP contribution < -0.4 is 0 Å². The van der Waals surface area contributed by atoms with Crippen molar-refractivity contribution in [2.75, 3.05) is 39.6 Å². The lowest BCUT2D eigenvalue weighted by Gasteiger charge is -2.21. The Labute approximate surface area is 594 Å². The summed E-state index contributed by atoms with van der Waals surface area (Å²) < 4.78 is 68.5. The molecule has 0 fully saturated rings. The minimum absolute atomic E-state index is 0.105. The highest BCUT2D eigenvalue weighted by Gasteiger charge is 2.30. The number of phosphoric acid groups is 2. The van der Waals surface area contributed by atoms with E-state index < -0.39 is 97.5 Å². The number of carbonyl (C=O) groups is 4. The average molecular weight is 1420 g/mol. The van der Waals surface area contributed by atoms with Crippen molar-refractivity contribution in [3.05, 3.63) is 0 Å². The Morgan fingerprint density at radius 1 is 0.278 bits per heavy atom. The molecule has 576 valence electrons. The maximum absolute atomic E-state index is 13.1. The van der Waals surface area contributed by atoms with Gasteiger partial charge in [0.25, 0.3) is 0 Å². The molecule has 19 heteroatoms. The van der Waals surface area contributed by atoms with Crippen LogP contribution in [0.25, 0.3) is 0 Å². The maximum atomic E-state index is 13.1. The van der Waals surface area contributed by atoms with E-state index in [9.17, 15) is 43.2 Å². The molecule has 0 amide bonds. The fourth-order valence-corrected chi connectivity index (χ4v) is 13.6. The quantitative estimate of drug-likeness (QED) is 0.0222. The fraction of sp³-hybridized carbons (Fsp3) is 0.949. The van der Waals surface area contributed by atoms with Crippen LogP contribution in [0.5, 0.6) is 0 Å². The number of rotatable bonds is 77. The van der Waals surface area contributed by atoms with Gasteiger partial charge in [-0.1, -0.05) is 356 Å². The van der Waals surface area contributed by atoms with Gasteiger partial charge in [-0.15, -0.1) is 0 Å². The van der Waals surface area contributed by atoms with Crippen LogP contribution in [0.3, 0.4) is 0 Å². The van der Waals surface area contributed by atoms with Crippen molar-refractivity contribution in [3.8, 4) is 0 Å². The van der Waals surface area contributed by atoms with Crippen LogP contribution in [0.2, 0.25) is 0 Å². The zero-order valence-corrected chi connectivity index (χ0v) is 65.2. The van der Waals surface area contributed by atoms with Crippen LogP contribution in [-0.2, 0) is 65.4 Å². The van der Waals surface area contributed by atoms with Gasteiger partial charge < -0.3 is 33.8 Å². The van der Waals surface area contributed by atoms with Crippen molar-refractivity contribution < 1.29 is 80.2 Å². The van der Waals surface area contributed by atoms with Crippen LogP contribution >= 0.6 is 15.6 Å². The molecule has 0 aromatic heterocycles. The van der Waals surface area contributed by atoms with Crippen molar-refractivity contribution in [1.29, 1.82) is 0 Å². The molecule has 0 aliphatic heterocycles. The number of hydrogen-bond donors (Lipinski definition) is 3. The van der Waals surface area contributed by atoms with E-state index in [4.69, 9.17) is 37.0 Å². The van der Waals surface area contributed by atoms with Gasteiger partial charge in [0.05, 0.1) is 26.4 Å². The van der Waals surface area contributed by atoms with Gasteiger partial charge in [-0.3, -0.25) is 37.3 Å². The van der Waals surface area contributed by atoms with Crippen LogP contribution in [-0.4, -0.2) is 96.7 Å². The molecule has 0 radical (unpaired) electrons. The standard InChI is InChI=1S/C78H152O17P2/c1-7-9-11-13-15-17-18-19-20-21-22-23-24-25-26-27-28-33-38-44-50-56-62-77(82)94-74(67-89-76(81)61-55-49-43-37-32-30-29-31-35-40-46-52-58-70(3)4)69-93-97(86,87)91-65-72(79)64-90-96(84,85)92-68-73(66-88-75(80)60-54-48-42-16-14-12-10-8-2)95-78(83)63-57-51-45-39-34-36-41-47-53-59-71(5)6/h70-74,79H,7-69H2,1-6H3,(H,84,85)(H,86,87)/t72-,73+,74+/m0/s1. The highest BCUT2D eigenvalue weighted by molar-refractivity contribution is 7.47. The summed E-state index contributed by atoms with van der Waals surface area (Å²) in [5.41, 5.74) is 0. The van der Waals surface area contributed by atoms with Gasteiger partial charge in [-0.05, 0) is 37.5 Å². The van der Waals surface area contributed by atoms with Crippen molar-refractivity contribution in [2.24, 2.45) is 11.8 Å². The molecule has 0 spiro atoms. The van der Waals surface area contributed by atoms with Crippen LogP contribution in [0.1, 0.15) is 408 Å². The van der Waals surface area contributed by atoms with E-state index >= 15 is 0 Å². The first-order chi connectivity index (χ1) is 46.9. The van der Waals surface area contributed by atoms with E-state index in [2.05, 4.69) is 41.5 Å². The summed E-state index contributed by atoms with van der Waals surface area (Å²) in [5.74, 6) is -0.599. The summed E-state index contributed by atoms with van der Waals surface area (Å²) in [6.45, 7) is 9.56. The maximum Gasteiger partial charge on any atom is 0.472 e. The number of ether oxygens (including phenoxy) is 4.